The minimum absolute atomic E-state index is 0.0362. The zero-order chi connectivity index (χ0) is 24.2. The summed E-state index contributed by atoms with van der Waals surface area (Å²) in [5, 5.41) is 13.0. The molecule has 0 aliphatic carbocycles. The van der Waals surface area contributed by atoms with Crippen molar-refractivity contribution in [3.05, 3.63) is 97.2 Å². The Morgan fingerprint density at radius 2 is 1.82 bits per heavy atom. The number of nitro groups is 1. The zero-order valence-corrected chi connectivity index (χ0v) is 20.1. The van der Waals surface area contributed by atoms with Crippen molar-refractivity contribution in [3.63, 3.8) is 0 Å². The van der Waals surface area contributed by atoms with Gasteiger partial charge >= 0.3 is 0 Å². The summed E-state index contributed by atoms with van der Waals surface area (Å²) < 4.78 is 0. The third-order valence-electron chi connectivity index (χ3n) is 6.11. The van der Waals surface area contributed by atoms with Crippen molar-refractivity contribution in [2.75, 3.05) is 19.6 Å². The Labute approximate surface area is 202 Å². The number of hydrogen-bond donors (Lipinski definition) is 0. The predicted molar refractivity (Wildman–Crippen MR) is 132 cm³/mol. The summed E-state index contributed by atoms with van der Waals surface area (Å²) in [4.78, 5) is 41.9. The number of hydrogen-bond acceptors (Lipinski definition) is 5. The van der Waals surface area contributed by atoms with E-state index in [1.165, 1.54) is 29.1 Å². The highest BCUT2D eigenvalue weighted by atomic mass is 32.1. The van der Waals surface area contributed by atoms with Gasteiger partial charge in [0.05, 0.1) is 11.0 Å². The van der Waals surface area contributed by atoms with Crippen LogP contribution in [0.5, 0.6) is 0 Å². The first-order chi connectivity index (χ1) is 16.4. The number of benzene rings is 2. The molecule has 176 valence electrons. The van der Waals surface area contributed by atoms with E-state index >= 15 is 0 Å². The fourth-order valence-corrected chi connectivity index (χ4v) is 5.28. The summed E-state index contributed by atoms with van der Waals surface area (Å²) in [6.07, 6.45) is 1.49. The summed E-state index contributed by atoms with van der Waals surface area (Å²) in [6, 6.07) is 15.7. The Morgan fingerprint density at radius 1 is 1.12 bits per heavy atom. The molecule has 8 heteroatoms. The second-order valence-electron chi connectivity index (χ2n) is 8.48. The molecule has 2 heterocycles. The number of carbonyl (C=O) groups excluding carboxylic acids is 2. The number of fused-ring (bicyclic) bond motifs is 1. The van der Waals surface area contributed by atoms with Crippen LogP contribution in [0.15, 0.2) is 60.0 Å². The predicted octanol–water partition coefficient (Wildman–Crippen LogP) is 4.99. The molecular formula is C26H27N3O4S. The van der Waals surface area contributed by atoms with Crippen molar-refractivity contribution >= 4 is 28.8 Å². The molecule has 0 spiro atoms. The monoisotopic (exact) mass is 477 g/mol. The molecule has 0 N–H and O–H groups in total. The molecule has 0 saturated heterocycles. The van der Waals surface area contributed by atoms with Crippen LogP contribution in [0.4, 0.5) is 5.69 Å². The SMILES string of the molecule is CCCN(CC(=O)N1CCc2sccc2C1c1ccc(C)cc1)C(=O)c1ccc([N+](=O)[O-])cc1. The van der Waals surface area contributed by atoms with Crippen LogP contribution in [0.25, 0.3) is 0 Å². The van der Waals surface area contributed by atoms with Crippen LogP contribution in [-0.2, 0) is 11.2 Å². The normalized spacial score (nSPS) is 15.0. The second kappa shape index (κ2) is 10.2. The Balaban J connectivity index is 1.58. The summed E-state index contributed by atoms with van der Waals surface area (Å²) in [5.74, 6) is -0.406. The largest absolute Gasteiger partial charge is 0.330 e. The molecule has 1 aliphatic heterocycles. The lowest BCUT2D eigenvalue weighted by molar-refractivity contribution is -0.384. The number of thiophene rings is 1. The summed E-state index contributed by atoms with van der Waals surface area (Å²) >= 11 is 1.72. The Kier molecular flexibility index (Phi) is 7.07. The first kappa shape index (κ1) is 23.6. The van der Waals surface area contributed by atoms with E-state index in [0.717, 1.165) is 23.1 Å². The Morgan fingerprint density at radius 3 is 2.47 bits per heavy atom. The fourth-order valence-electron chi connectivity index (χ4n) is 4.38. The fraction of sp³-hybridized carbons (Fsp3) is 0.308. The van der Waals surface area contributed by atoms with E-state index in [4.69, 9.17) is 0 Å². The minimum Gasteiger partial charge on any atom is -0.330 e. The number of nitrogens with zero attached hydrogens (tertiary/aromatic N) is 3. The first-order valence-electron chi connectivity index (χ1n) is 11.3. The molecule has 2 amide bonds. The van der Waals surface area contributed by atoms with Crippen LogP contribution in [0.2, 0.25) is 0 Å². The van der Waals surface area contributed by atoms with Crippen LogP contribution in [0, 0.1) is 17.0 Å². The van der Waals surface area contributed by atoms with E-state index in [1.54, 1.807) is 16.2 Å². The van der Waals surface area contributed by atoms with Crippen LogP contribution in [0.1, 0.15) is 51.3 Å². The van der Waals surface area contributed by atoms with E-state index in [0.29, 0.717) is 25.1 Å². The van der Waals surface area contributed by atoms with Crippen molar-refractivity contribution in [2.45, 2.75) is 32.7 Å². The maximum Gasteiger partial charge on any atom is 0.269 e. The number of non-ortho nitro benzene ring substituents is 1. The maximum atomic E-state index is 13.6. The Bertz CT molecular complexity index is 1190. The molecule has 0 fully saturated rings. The van der Waals surface area contributed by atoms with E-state index in [-0.39, 0.29) is 30.1 Å². The smallest absolute Gasteiger partial charge is 0.269 e. The lowest BCUT2D eigenvalue weighted by Crippen LogP contribution is -2.47. The van der Waals surface area contributed by atoms with Gasteiger partial charge in [-0.3, -0.25) is 19.7 Å². The van der Waals surface area contributed by atoms with E-state index in [2.05, 4.69) is 35.7 Å². The first-order valence-corrected chi connectivity index (χ1v) is 12.2. The molecule has 7 nitrogen and oxygen atoms in total. The van der Waals surface area contributed by atoms with Crippen LogP contribution in [0.3, 0.4) is 0 Å². The third kappa shape index (κ3) is 4.87. The maximum absolute atomic E-state index is 13.6. The van der Waals surface area contributed by atoms with Gasteiger partial charge in [-0.1, -0.05) is 36.8 Å². The molecule has 34 heavy (non-hydrogen) atoms. The molecule has 1 aromatic heterocycles. The van der Waals surface area contributed by atoms with Gasteiger partial charge in [-0.05, 0) is 54.5 Å². The molecule has 2 aromatic carbocycles. The number of amides is 2. The van der Waals surface area contributed by atoms with Gasteiger partial charge in [0.15, 0.2) is 0 Å². The third-order valence-corrected chi connectivity index (χ3v) is 7.11. The number of aryl methyl sites for hydroxylation is 1. The molecule has 0 radical (unpaired) electrons. The van der Waals surface area contributed by atoms with Gasteiger partial charge in [-0.15, -0.1) is 11.3 Å². The highest BCUT2D eigenvalue weighted by Gasteiger charge is 2.34. The summed E-state index contributed by atoms with van der Waals surface area (Å²) in [7, 11) is 0. The highest BCUT2D eigenvalue weighted by molar-refractivity contribution is 7.10. The zero-order valence-electron chi connectivity index (χ0n) is 19.3. The highest BCUT2D eigenvalue weighted by Crippen LogP contribution is 2.38. The molecule has 0 saturated carbocycles. The van der Waals surface area contributed by atoms with Crippen LogP contribution in [-0.4, -0.2) is 46.2 Å². The average molecular weight is 478 g/mol. The minimum atomic E-state index is -0.498. The van der Waals surface area contributed by atoms with Crippen LogP contribution >= 0.6 is 11.3 Å². The van der Waals surface area contributed by atoms with Gasteiger partial charge in [-0.2, -0.15) is 0 Å². The quantitative estimate of drug-likeness (QED) is 0.354. The lowest BCUT2D eigenvalue weighted by Gasteiger charge is -2.37. The van der Waals surface area contributed by atoms with Gasteiger partial charge in [0.25, 0.3) is 11.6 Å². The van der Waals surface area contributed by atoms with Gasteiger partial charge in [-0.25, -0.2) is 0 Å². The molecule has 1 unspecified atom stereocenters. The topological polar surface area (TPSA) is 83.8 Å². The van der Waals surface area contributed by atoms with Crippen molar-refractivity contribution in [2.24, 2.45) is 0 Å². The van der Waals surface area contributed by atoms with Gasteiger partial charge < -0.3 is 9.80 Å². The van der Waals surface area contributed by atoms with Gasteiger partial charge in [0.2, 0.25) is 5.91 Å². The molecule has 1 aliphatic rings. The molecular weight excluding hydrogens is 450 g/mol. The Hall–Kier alpha value is -3.52. The van der Waals surface area contributed by atoms with E-state index < -0.39 is 4.92 Å². The lowest BCUT2D eigenvalue weighted by atomic mass is 9.92. The molecule has 3 aromatic rings. The molecule has 0 bridgehead atoms. The number of rotatable bonds is 7. The average Bonchev–Trinajstić information content (AvgIpc) is 3.32. The standard InChI is InChI=1S/C26H27N3O4S/c1-3-14-27(26(31)20-8-10-21(11-9-20)29(32)33)17-24(30)28-15-12-23-22(13-16-34-23)25(28)19-6-4-18(2)5-7-19/h4-11,13,16,25H,3,12,14-15,17H2,1-2H3. The number of carbonyl (C=O) groups is 2. The van der Waals surface area contributed by atoms with Crippen molar-refractivity contribution < 1.29 is 14.5 Å². The van der Waals surface area contributed by atoms with Gasteiger partial charge in [0, 0.05) is 35.7 Å². The van der Waals surface area contributed by atoms with E-state index in [9.17, 15) is 19.7 Å². The van der Waals surface area contributed by atoms with Crippen molar-refractivity contribution in [1.29, 1.82) is 0 Å². The number of nitro benzene ring substituents is 1. The molecule has 4 rings (SSSR count). The summed E-state index contributed by atoms with van der Waals surface area (Å²) in [6.45, 7) is 4.97. The van der Waals surface area contributed by atoms with E-state index in [1.807, 2.05) is 18.7 Å². The van der Waals surface area contributed by atoms with Crippen molar-refractivity contribution in [3.8, 4) is 0 Å². The molecule has 1 atom stereocenters. The van der Waals surface area contributed by atoms with Crippen LogP contribution < -0.4 is 0 Å². The second-order valence-corrected chi connectivity index (χ2v) is 9.48. The van der Waals surface area contributed by atoms with Crippen molar-refractivity contribution in [1.82, 2.24) is 9.80 Å². The summed E-state index contributed by atoms with van der Waals surface area (Å²) in [5.41, 5.74) is 3.63. The van der Waals surface area contributed by atoms with Gasteiger partial charge in [0.1, 0.15) is 6.54 Å².